The van der Waals surface area contributed by atoms with Crippen LogP contribution in [-0.2, 0) is 11.3 Å². The zero-order valence-electron chi connectivity index (χ0n) is 11.2. The summed E-state index contributed by atoms with van der Waals surface area (Å²) in [5.74, 6) is 0.268. The van der Waals surface area contributed by atoms with Crippen LogP contribution in [0.1, 0.15) is 26.3 Å². The van der Waals surface area contributed by atoms with Crippen molar-refractivity contribution < 1.29 is 9.13 Å². The van der Waals surface area contributed by atoms with Crippen molar-refractivity contribution in [3.8, 4) is 0 Å². The van der Waals surface area contributed by atoms with E-state index in [1.165, 1.54) is 6.07 Å². The minimum atomic E-state index is -0.207. The van der Waals surface area contributed by atoms with E-state index in [4.69, 9.17) is 4.74 Å². The Kier molecular flexibility index (Phi) is 6.82. The highest BCUT2D eigenvalue weighted by Gasteiger charge is 2.13. The van der Waals surface area contributed by atoms with Crippen molar-refractivity contribution in [2.24, 2.45) is 5.92 Å². The van der Waals surface area contributed by atoms with Crippen molar-refractivity contribution in [3.05, 3.63) is 34.1 Å². The Morgan fingerprint density at radius 1 is 1.39 bits per heavy atom. The molecule has 0 aromatic heterocycles. The van der Waals surface area contributed by atoms with Gasteiger partial charge in [0.25, 0.3) is 0 Å². The van der Waals surface area contributed by atoms with Crippen LogP contribution in [0.5, 0.6) is 0 Å². The quantitative estimate of drug-likeness (QED) is 0.827. The maximum atomic E-state index is 13.2. The van der Waals surface area contributed by atoms with Crippen LogP contribution in [0.25, 0.3) is 0 Å². The highest BCUT2D eigenvalue weighted by Crippen LogP contribution is 2.18. The van der Waals surface area contributed by atoms with Crippen LogP contribution in [0.2, 0.25) is 0 Å². The Morgan fingerprint density at radius 3 is 2.72 bits per heavy atom. The normalized spacial score (nSPS) is 13.0. The molecule has 0 aliphatic rings. The summed E-state index contributed by atoms with van der Waals surface area (Å²) in [6, 6.07) is 5.02. The summed E-state index contributed by atoms with van der Waals surface area (Å²) in [4.78, 5) is 0. The largest absolute Gasteiger partial charge is 0.380 e. The fourth-order valence-electron chi connectivity index (χ4n) is 1.65. The van der Waals surface area contributed by atoms with Crippen LogP contribution in [-0.4, -0.2) is 19.3 Å². The predicted molar refractivity (Wildman–Crippen MR) is 76.1 cm³/mol. The summed E-state index contributed by atoms with van der Waals surface area (Å²) in [6.07, 6.45) is 0. The van der Waals surface area contributed by atoms with E-state index in [1.54, 1.807) is 12.1 Å². The number of halogens is 2. The van der Waals surface area contributed by atoms with Gasteiger partial charge in [-0.05, 0) is 36.6 Å². The molecule has 1 unspecified atom stereocenters. The van der Waals surface area contributed by atoms with Gasteiger partial charge < -0.3 is 10.1 Å². The number of nitrogens with one attached hydrogen (secondary N) is 1. The number of rotatable bonds is 7. The molecule has 0 heterocycles. The Balaban J connectivity index is 2.58. The molecule has 2 nitrogen and oxygen atoms in total. The van der Waals surface area contributed by atoms with E-state index in [2.05, 4.69) is 35.1 Å². The van der Waals surface area contributed by atoms with Gasteiger partial charge in [0.15, 0.2) is 0 Å². The van der Waals surface area contributed by atoms with Crippen LogP contribution in [0.3, 0.4) is 0 Å². The summed E-state index contributed by atoms with van der Waals surface area (Å²) in [7, 11) is 0. The Bertz CT molecular complexity index is 371. The SMILES string of the molecule is CCOCC(NCc1cc(F)ccc1Br)C(C)C. The van der Waals surface area contributed by atoms with Gasteiger partial charge in [-0.15, -0.1) is 0 Å². The highest BCUT2D eigenvalue weighted by molar-refractivity contribution is 9.10. The zero-order chi connectivity index (χ0) is 13.5. The summed E-state index contributed by atoms with van der Waals surface area (Å²) >= 11 is 3.43. The lowest BCUT2D eigenvalue weighted by Crippen LogP contribution is -2.37. The average Bonchev–Trinajstić information content (AvgIpc) is 2.33. The molecular weight excluding hydrogens is 297 g/mol. The maximum absolute atomic E-state index is 13.2. The monoisotopic (exact) mass is 317 g/mol. The highest BCUT2D eigenvalue weighted by atomic mass is 79.9. The number of hydrogen-bond donors (Lipinski definition) is 1. The Hall–Kier alpha value is -0.450. The van der Waals surface area contributed by atoms with Crippen molar-refractivity contribution in [2.75, 3.05) is 13.2 Å². The third kappa shape index (κ3) is 5.04. The van der Waals surface area contributed by atoms with Gasteiger partial charge in [0, 0.05) is 23.7 Å². The molecule has 18 heavy (non-hydrogen) atoms. The van der Waals surface area contributed by atoms with E-state index < -0.39 is 0 Å². The molecule has 0 aliphatic carbocycles. The maximum Gasteiger partial charge on any atom is 0.123 e. The molecule has 1 rings (SSSR count). The molecule has 0 radical (unpaired) electrons. The van der Waals surface area contributed by atoms with Gasteiger partial charge in [0.1, 0.15) is 5.82 Å². The lowest BCUT2D eigenvalue weighted by molar-refractivity contribution is 0.108. The Labute approximate surface area is 117 Å². The zero-order valence-corrected chi connectivity index (χ0v) is 12.8. The van der Waals surface area contributed by atoms with Gasteiger partial charge in [-0.1, -0.05) is 29.8 Å². The van der Waals surface area contributed by atoms with E-state index in [1.807, 2.05) is 6.92 Å². The molecule has 0 aliphatic heterocycles. The fraction of sp³-hybridized carbons (Fsp3) is 0.571. The first-order chi connectivity index (χ1) is 8.54. The first-order valence-electron chi connectivity index (χ1n) is 6.29. The van der Waals surface area contributed by atoms with Crippen LogP contribution in [0.4, 0.5) is 4.39 Å². The molecule has 1 N–H and O–H groups in total. The Morgan fingerprint density at radius 2 is 2.11 bits per heavy atom. The lowest BCUT2D eigenvalue weighted by atomic mass is 10.0. The molecule has 1 aromatic rings. The molecule has 1 aromatic carbocycles. The minimum Gasteiger partial charge on any atom is -0.380 e. The third-order valence-electron chi connectivity index (χ3n) is 2.87. The average molecular weight is 318 g/mol. The van der Waals surface area contributed by atoms with Gasteiger partial charge in [-0.25, -0.2) is 4.39 Å². The van der Waals surface area contributed by atoms with E-state index in [0.717, 1.165) is 10.0 Å². The molecule has 0 amide bonds. The molecule has 4 heteroatoms. The molecule has 0 saturated carbocycles. The molecule has 102 valence electrons. The predicted octanol–water partition coefficient (Wildman–Crippen LogP) is 3.74. The summed E-state index contributed by atoms with van der Waals surface area (Å²) in [5, 5.41) is 3.42. The van der Waals surface area contributed by atoms with Crippen molar-refractivity contribution in [2.45, 2.75) is 33.4 Å². The number of benzene rings is 1. The van der Waals surface area contributed by atoms with Crippen LogP contribution in [0.15, 0.2) is 22.7 Å². The first kappa shape index (κ1) is 15.6. The molecule has 0 fully saturated rings. The van der Waals surface area contributed by atoms with Crippen LogP contribution >= 0.6 is 15.9 Å². The van der Waals surface area contributed by atoms with Gasteiger partial charge in [0.05, 0.1) is 6.61 Å². The third-order valence-corrected chi connectivity index (χ3v) is 3.64. The van der Waals surface area contributed by atoms with Gasteiger partial charge in [-0.2, -0.15) is 0 Å². The van der Waals surface area contributed by atoms with E-state index in [9.17, 15) is 4.39 Å². The molecule has 1 atom stereocenters. The van der Waals surface area contributed by atoms with E-state index in [0.29, 0.717) is 25.7 Å². The van der Waals surface area contributed by atoms with Crippen LogP contribution < -0.4 is 5.32 Å². The van der Waals surface area contributed by atoms with Gasteiger partial charge in [0.2, 0.25) is 0 Å². The standard InChI is InChI=1S/C14H21BrFNO/c1-4-18-9-14(10(2)3)17-8-11-7-12(16)5-6-13(11)15/h5-7,10,14,17H,4,8-9H2,1-3H3. The molecular formula is C14H21BrFNO. The van der Waals surface area contributed by atoms with Gasteiger partial charge in [-0.3, -0.25) is 0 Å². The smallest absolute Gasteiger partial charge is 0.123 e. The van der Waals surface area contributed by atoms with Crippen molar-refractivity contribution in [1.82, 2.24) is 5.32 Å². The minimum absolute atomic E-state index is 0.207. The summed E-state index contributed by atoms with van der Waals surface area (Å²) in [6.45, 7) is 8.32. The topological polar surface area (TPSA) is 21.3 Å². The second-order valence-electron chi connectivity index (χ2n) is 4.63. The van der Waals surface area contributed by atoms with Gasteiger partial charge >= 0.3 is 0 Å². The fourth-order valence-corrected chi connectivity index (χ4v) is 2.04. The summed E-state index contributed by atoms with van der Waals surface area (Å²) in [5.41, 5.74) is 0.928. The van der Waals surface area contributed by atoms with Crippen molar-refractivity contribution in [3.63, 3.8) is 0 Å². The lowest BCUT2D eigenvalue weighted by Gasteiger charge is -2.22. The van der Waals surface area contributed by atoms with E-state index in [-0.39, 0.29) is 11.9 Å². The molecule has 0 spiro atoms. The van der Waals surface area contributed by atoms with Crippen molar-refractivity contribution in [1.29, 1.82) is 0 Å². The molecule has 0 bridgehead atoms. The van der Waals surface area contributed by atoms with Crippen LogP contribution in [0, 0.1) is 11.7 Å². The summed E-state index contributed by atoms with van der Waals surface area (Å²) < 4.78 is 19.5. The van der Waals surface area contributed by atoms with Crippen molar-refractivity contribution >= 4 is 15.9 Å². The number of hydrogen-bond acceptors (Lipinski definition) is 2. The first-order valence-corrected chi connectivity index (χ1v) is 7.09. The second-order valence-corrected chi connectivity index (χ2v) is 5.48. The van der Waals surface area contributed by atoms with E-state index >= 15 is 0 Å². The number of ether oxygens (including phenoxy) is 1. The second kappa shape index (κ2) is 7.87. The molecule has 0 saturated heterocycles.